The quantitative estimate of drug-likeness (QED) is 0.873. The SMILES string of the molecule is Cc1cc2c(cc1C)OC(C(=O)Nc1cccc(OCC(=O)O)c1)C2. The molecule has 0 aromatic heterocycles. The molecular formula is C19H19NO5. The van der Waals surface area contributed by atoms with Crippen LogP contribution in [-0.4, -0.2) is 29.7 Å². The minimum Gasteiger partial charge on any atom is -0.482 e. The molecule has 2 aromatic carbocycles. The van der Waals surface area contributed by atoms with Crippen LogP contribution in [-0.2, 0) is 16.0 Å². The van der Waals surface area contributed by atoms with Gasteiger partial charge in [-0.1, -0.05) is 12.1 Å². The Bertz CT molecular complexity index is 800. The van der Waals surface area contributed by atoms with Crippen molar-refractivity contribution >= 4 is 17.6 Å². The number of carboxylic acids is 1. The number of benzene rings is 2. The fraction of sp³-hybridized carbons (Fsp3) is 0.263. The second-order valence-corrected chi connectivity index (χ2v) is 6.05. The standard InChI is InChI=1S/C19H19NO5/c1-11-6-13-8-17(25-16(13)7-12(11)2)19(23)20-14-4-3-5-15(9-14)24-10-18(21)22/h3-7,9,17H,8,10H2,1-2H3,(H,20,23)(H,21,22). The first-order valence-corrected chi connectivity index (χ1v) is 7.94. The molecule has 1 aliphatic heterocycles. The molecule has 0 saturated heterocycles. The first-order valence-electron chi connectivity index (χ1n) is 7.94. The summed E-state index contributed by atoms with van der Waals surface area (Å²) in [6, 6.07) is 10.6. The van der Waals surface area contributed by atoms with E-state index in [9.17, 15) is 9.59 Å². The summed E-state index contributed by atoms with van der Waals surface area (Å²) in [7, 11) is 0. The number of carboxylic acid groups (broad SMARTS) is 1. The third-order valence-corrected chi connectivity index (χ3v) is 4.11. The van der Waals surface area contributed by atoms with E-state index in [1.807, 2.05) is 19.9 Å². The highest BCUT2D eigenvalue weighted by Crippen LogP contribution is 2.32. The molecule has 0 fully saturated rings. The Balaban J connectivity index is 1.65. The van der Waals surface area contributed by atoms with Gasteiger partial charge in [0.05, 0.1) is 0 Å². The lowest BCUT2D eigenvalue weighted by atomic mass is 10.0. The van der Waals surface area contributed by atoms with E-state index in [0.29, 0.717) is 17.9 Å². The molecule has 2 N–H and O–H groups in total. The van der Waals surface area contributed by atoms with Crippen molar-refractivity contribution in [1.29, 1.82) is 0 Å². The van der Waals surface area contributed by atoms with E-state index >= 15 is 0 Å². The van der Waals surface area contributed by atoms with E-state index in [4.69, 9.17) is 14.6 Å². The Morgan fingerprint density at radius 3 is 2.76 bits per heavy atom. The molecule has 130 valence electrons. The van der Waals surface area contributed by atoms with Crippen LogP contribution < -0.4 is 14.8 Å². The van der Waals surface area contributed by atoms with Gasteiger partial charge in [0, 0.05) is 18.2 Å². The van der Waals surface area contributed by atoms with E-state index in [0.717, 1.165) is 16.9 Å². The molecular weight excluding hydrogens is 322 g/mol. The van der Waals surface area contributed by atoms with Crippen molar-refractivity contribution < 1.29 is 24.2 Å². The van der Waals surface area contributed by atoms with Crippen LogP contribution in [0.5, 0.6) is 11.5 Å². The molecule has 0 spiro atoms. The second-order valence-electron chi connectivity index (χ2n) is 6.05. The van der Waals surface area contributed by atoms with Gasteiger partial charge in [-0.25, -0.2) is 4.79 Å². The van der Waals surface area contributed by atoms with Gasteiger partial charge < -0.3 is 19.9 Å². The molecule has 1 aliphatic rings. The smallest absolute Gasteiger partial charge is 0.341 e. The number of aliphatic carboxylic acids is 1. The number of aryl methyl sites for hydroxylation is 2. The van der Waals surface area contributed by atoms with Gasteiger partial charge in [0.2, 0.25) is 0 Å². The second kappa shape index (κ2) is 6.84. The van der Waals surface area contributed by atoms with Crippen LogP contribution in [0, 0.1) is 13.8 Å². The Labute approximate surface area is 145 Å². The number of hydrogen-bond acceptors (Lipinski definition) is 4. The van der Waals surface area contributed by atoms with Crippen LogP contribution in [0.3, 0.4) is 0 Å². The van der Waals surface area contributed by atoms with E-state index in [2.05, 4.69) is 11.4 Å². The predicted molar refractivity (Wildman–Crippen MR) is 92.2 cm³/mol. The zero-order chi connectivity index (χ0) is 18.0. The molecule has 6 heteroatoms. The minimum atomic E-state index is -1.06. The van der Waals surface area contributed by atoms with Crippen molar-refractivity contribution in [3.8, 4) is 11.5 Å². The van der Waals surface area contributed by atoms with Gasteiger partial charge in [0.15, 0.2) is 12.7 Å². The summed E-state index contributed by atoms with van der Waals surface area (Å²) in [5.41, 5.74) is 3.86. The lowest BCUT2D eigenvalue weighted by molar-refractivity contribution is -0.139. The normalized spacial score (nSPS) is 15.2. The number of amides is 1. The third kappa shape index (κ3) is 3.91. The monoisotopic (exact) mass is 341 g/mol. The number of ether oxygens (including phenoxy) is 2. The summed E-state index contributed by atoms with van der Waals surface area (Å²) in [4.78, 5) is 23.0. The van der Waals surface area contributed by atoms with Crippen LogP contribution >= 0.6 is 0 Å². The molecule has 6 nitrogen and oxygen atoms in total. The number of carbonyl (C=O) groups excluding carboxylic acids is 1. The Morgan fingerprint density at radius 2 is 2.00 bits per heavy atom. The maximum absolute atomic E-state index is 12.5. The zero-order valence-corrected chi connectivity index (χ0v) is 14.0. The van der Waals surface area contributed by atoms with Gasteiger partial charge >= 0.3 is 5.97 Å². The van der Waals surface area contributed by atoms with Crippen LogP contribution in [0.1, 0.15) is 16.7 Å². The van der Waals surface area contributed by atoms with Gasteiger partial charge in [-0.05, 0) is 48.7 Å². The van der Waals surface area contributed by atoms with Gasteiger partial charge in [0.25, 0.3) is 5.91 Å². The Morgan fingerprint density at radius 1 is 1.24 bits per heavy atom. The number of carbonyl (C=O) groups is 2. The largest absolute Gasteiger partial charge is 0.482 e. The highest BCUT2D eigenvalue weighted by atomic mass is 16.5. The topological polar surface area (TPSA) is 84.9 Å². The van der Waals surface area contributed by atoms with Crippen molar-refractivity contribution in [3.05, 3.63) is 53.1 Å². The molecule has 1 amide bonds. The Kier molecular flexibility index (Phi) is 4.61. The van der Waals surface area contributed by atoms with Gasteiger partial charge in [-0.2, -0.15) is 0 Å². The number of nitrogens with one attached hydrogen (secondary N) is 1. The molecule has 0 aliphatic carbocycles. The summed E-state index contributed by atoms with van der Waals surface area (Å²) in [5.74, 6) is -0.178. The minimum absolute atomic E-state index is 0.248. The summed E-state index contributed by atoms with van der Waals surface area (Å²) in [6.07, 6.45) is -0.0582. The molecule has 3 rings (SSSR count). The molecule has 1 atom stereocenters. The van der Waals surface area contributed by atoms with Gasteiger partial charge in [-0.3, -0.25) is 4.79 Å². The molecule has 0 bridgehead atoms. The highest BCUT2D eigenvalue weighted by molar-refractivity contribution is 5.95. The molecule has 25 heavy (non-hydrogen) atoms. The Hall–Kier alpha value is -3.02. The van der Waals surface area contributed by atoms with Crippen molar-refractivity contribution in [3.63, 3.8) is 0 Å². The fourth-order valence-corrected chi connectivity index (χ4v) is 2.69. The molecule has 0 saturated carbocycles. The highest BCUT2D eigenvalue weighted by Gasteiger charge is 2.29. The number of fused-ring (bicyclic) bond motifs is 1. The summed E-state index contributed by atoms with van der Waals surface area (Å²) >= 11 is 0. The average molecular weight is 341 g/mol. The fourth-order valence-electron chi connectivity index (χ4n) is 2.69. The molecule has 2 aromatic rings. The summed E-state index contributed by atoms with van der Waals surface area (Å²) < 4.78 is 10.9. The van der Waals surface area contributed by atoms with Crippen molar-refractivity contribution in [2.45, 2.75) is 26.4 Å². The van der Waals surface area contributed by atoms with Crippen LogP contribution in [0.2, 0.25) is 0 Å². The molecule has 1 heterocycles. The van der Waals surface area contributed by atoms with E-state index < -0.39 is 18.7 Å². The van der Waals surface area contributed by atoms with E-state index in [1.54, 1.807) is 24.3 Å². The van der Waals surface area contributed by atoms with E-state index in [1.165, 1.54) is 5.56 Å². The predicted octanol–water partition coefficient (Wildman–Crippen LogP) is 2.71. The first kappa shape index (κ1) is 16.8. The van der Waals surface area contributed by atoms with Crippen molar-refractivity contribution in [2.75, 3.05) is 11.9 Å². The van der Waals surface area contributed by atoms with Crippen molar-refractivity contribution in [2.24, 2.45) is 0 Å². The summed E-state index contributed by atoms with van der Waals surface area (Å²) in [6.45, 7) is 3.61. The van der Waals surface area contributed by atoms with Crippen molar-refractivity contribution in [1.82, 2.24) is 0 Å². The maximum Gasteiger partial charge on any atom is 0.341 e. The van der Waals surface area contributed by atoms with E-state index in [-0.39, 0.29) is 5.91 Å². The lowest BCUT2D eigenvalue weighted by Gasteiger charge is -2.12. The van der Waals surface area contributed by atoms with Crippen LogP contribution in [0.15, 0.2) is 36.4 Å². The number of anilines is 1. The first-order chi connectivity index (χ1) is 11.9. The van der Waals surface area contributed by atoms with Gasteiger partial charge in [-0.15, -0.1) is 0 Å². The number of rotatable bonds is 5. The van der Waals surface area contributed by atoms with Crippen LogP contribution in [0.25, 0.3) is 0 Å². The molecule has 0 radical (unpaired) electrons. The van der Waals surface area contributed by atoms with Crippen LogP contribution in [0.4, 0.5) is 5.69 Å². The van der Waals surface area contributed by atoms with Gasteiger partial charge in [0.1, 0.15) is 11.5 Å². The zero-order valence-electron chi connectivity index (χ0n) is 14.0. The molecule has 1 unspecified atom stereocenters. The summed E-state index contributed by atoms with van der Waals surface area (Å²) in [5, 5.41) is 11.4. The average Bonchev–Trinajstić information content (AvgIpc) is 2.96. The maximum atomic E-state index is 12.5. The lowest BCUT2D eigenvalue weighted by Crippen LogP contribution is -2.31. The number of hydrogen-bond donors (Lipinski definition) is 2. The third-order valence-electron chi connectivity index (χ3n) is 4.11.